The molecular weight excluding hydrogens is 162 g/mol. The summed E-state index contributed by atoms with van der Waals surface area (Å²) in [5, 5.41) is 3.16. The second kappa shape index (κ2) is 9.96. The van der Waals surface area contributed by atoms with Crippen molar-refractivity contribution in [2.24, 2.45) is 5.73 Å². The van der Waals surface area contributed by atoms with Gasteiger partial charge in [-0.05, 0) is 66.0 Å². The van der Waals surface area contributed by atoms with Crippen LogP contribution in [-0.4, -0.2) is 45.2 Å². The molecule has 0 aliphatic heterocycles. The zero-order valence-corrected chi connectivity index (χ0v) is 9.18. The zero-order chi connectivity index (χ0) is 9.94. The van der Waals surface area contributed by atoms with Gasteiger partial charge < -0.3 is 16.0 Å². The summed E-state index contributed by atoms with van der Waals surface area (Å²) in [6, 6.07) is 0. The molecule has 0 aromatic heterocycles. The maximum atomic E-state index is 5.43. The van der Waals surface area contributed by atoms with Crippen molar-refractivity contribution in [3.63, 3.8) is 0 Å². The fourth-order valence-electron chi connectivity index (χ4n) is 1.32. The Kier molecular flexibility index (Phi) is 9.87. The Morgan fingerprint density at radius 3 is 2.23 bits per heavy atom. The summed E-state index contributed by atoms with van der Waals surface area (Å²) in [5.41, 5.74) is 5.43. The van der Waals surface area contributed by atoms with E-state index in [1.165, 1.54) is 32.4 Å². The lowest BCUT2D eigenvalue weighted by molar-refractivity contribution is 0.319. The SMILES string of the molecule is CNCCCCN(C)CCCCN. The average Bonchev–Trinajstić information content (AvgIpc) is 2.13. The molecule has 0 atom stereocenters. The number of hydrogen-bond donors (Lipinski definition) is 2. The quantitative estimate of drug-likeness (QED) is 0.521. The van der Waals surface area contributed by atoms with Crippen molar-refractivity contribution in [1.29, 1.82) is 0 Å². The molecule has 13 heavy (non-hydrogen) atoms. The molecule has 3 N–H and O–H groups in total. The molecule has 0 bridgehead atoms. The van der Waals surface area contributed by atoms with Crippen LogP contribution in [0.15, 0.2) is 0 Å². The van der Waals surface area contributed by atoms with E-state index in [4.69, 9.17) is 5.73 Å². The number of nitrogens with one attached hydrogen (secondary N) is 1. The maximum absolute atomic E-state index is 5.43. The first-order valence-electron chi connectivity index (χ1n) is 5.34. The van der Waals surface area contributed by atoms with Crippen LogP contribution in [0, 0.1) is 0 Å². The maximum Gasteiger partial charge on any atom is -0.00213 e. The fourth-order valence-corrected chi connectivity index (χ4v) is 1.32. The lowest BCUT2D eigenvalue weighted by Gasteiger charge is -2.15. The summed E-state index contributed by atoms with van der Waals surface area (Å²) in [4.78, 5) is 2.39. The summed E-state index contributed by atoms with van der Waals surface area (Å²) < 4.78 is 0. The van der Waals surface area contributed by atoms with Gasteiger partial charge >= 0.3 is 0 Å². The highest BCUT2D eigenvalue weighted by Gasteiger charge is 1.96. The van der Waals surface area contributed by atoms with Crippen LogP contribution in [-0.2, 0) is 0 Å². The van der Waals surface area contributed by atoms with Crippen LogP contribution in [0.5, 0.6) is 0 Å². The predicted molar refractivity (Wildman–Crippen MR) is 58.9 cm³/mol. The Morgan fingerprint density at radius 2 is 1.69 bits per heavy atom. The van der Waals surface area contributed by atoms with E-state index in [1.807, 2.05) is 7.05 Å². The topological polar surface area (TPSA) is 41.3 Å². The molecule has 0 saturated carbocycles. The smallest absolute Gasteiger partial charge is 0.00213 e. The van der Waals surface area contributed by atoms with Crippen molar-refractivity contribution in [3.05, 3.63) is 0 Å². The van der Waals surface area contributed by atoms with E-state index in [9.17, 15) is 0 Å². The van der Waals surface area contributed by atoms with Crippen LogP contribution in [0.4, 0.5) is 0 Å². The predicted octanol–water partition coefficient (Wildman–Crippen LogP) is 0.657. The van der Waals surface area contributed by atoms with Crippen molar-refractivity contribution in [2.45, 2.75) is 25.7 Å². The summed E-state index contributed by atoms with van der Waals surface area (Å²) >= 11 is 0. The molecule has 0 aliphatic carbocycles. The standard InChI is InChI=1S/C10H25N3/c1-12-8-4-6-10-13(2)9-5-3-7-11/h12H,3-11H2,1-2H3. The first kappa shape index (κ1) is 12.9. The van der Waals surface area contributed by atoms with E-state index < -0.39 is 0 Å². The molecular formula is C10H25N3. The molecule has 0 unspecified atom stereocenters. The lowest BCUT2D eigenvalue weighted by atomic mass is 10.2. The van der Waals surface area contributed by atoms with E-state index in [1.54, 1.807) is 0 Å². The molecule has 0 radical (unpaired) electrons. The van der Waals surface area contributed by atoms with E-state index in [-0.39, 0.29) is 0 Å². The second-order valence-corrected chi connectivity index (χ2v) is 3.61. The normalized spacial score (nSPS) is 11.1. The summed E-state index contributed by atoms with van der Waals surface area (Å²) in [7, 11) is 4.20. The molecule has 3 heteroatoms. The van der Waals surface area contributed by atoms with Gasteiger partial charge in [0.2, 0.25) is 0 Å². The van der Waals surface area contributed by atoms with E-state index in [2.05, 4.69) is 17.3 Å². The molecule has 0 amide bonds. The van der Waals surface area contributed by atoms with Gasteiger partial charge in [-0.3, -0.25) is 0 Å². The van der Waals surface area contributed by atoms with Crippen molar-refractivity contribution >= 4 is 0 Å². The van der Waals surface area contributed by atoms with Crippen LogP contribution in [0.3, 0.4) is 0 Å². The van der Waals surface area contributed by atoms with Crippen LogP contribution in [0.1, 0.15) is 25.7 Å². The average molecular weight is 187 g/mol. The van der Waals surface area contributed by atoms with Gasteiger partial charge in [0.05, 0.1) is 0 Å². The minimum atomic E-state index is 0.827. The Morgan fingerprint density at radius 1 is 1.08 bits per heavy atom. The lowest BCUT2D eigenvalue weighted by Crippen LogP contribution is -2.22. The number of rotatable bonds is 9. The third kappa shape index (κ3) is 9.80. The Bertz CT molecular complexity index is 96.2. The van der Waals surface area contributed by atoms with E-state index in [0.717, 1.165) is 19.5 Å². The van der Waals surface area contributed by atoms with Gasteiger partial charge in [-0.1, -0.05) is 0 Å². The molecule has 0 fully saturated rings. The van der Waals surface area contributed by atoms with Crippen LogP contribution in [0.25, 0.3) is 0 Å². The van der Waals surface area contributed by atoms with Gasteiger partial charge in [0.25, 0.3) is 0 Å². The highest BCUT2D eigenvalue weighted by molar-refractivity contribution is 4.53. The van der Waals surface area contributed by atoms with Crippen molar-refractivity contribution < 1.29 is 0 Å². The van der Waals surface area contributed by atoms with Crippen LogP contribution >= 0.6 is 0 Å². The molecule has 0 saturated heterocycles. The van der Waals surface area contributed by atoms with Crippen molar-refractivity contribution in [2.75, 3.05) is 40.3 Å². The van der Waals surface area contributed by atoms with Crippen LogP contribution in [0.2, 0.25) is 0 Å². The minimum absolute atomic E-state index is 0.827. The highest BCUT2D eigenvalue weighted by atomic mass is 15.1. The molecule has 0 aromatic carbocycles. The van der Waals surface area contributed by atoms with Gasteiger partial charge in [-0.25, -0.2) is 0 Å². The first-order valence-corrected chi connectivity index (χ1v) is 5.34. The zero-order valence-electron chi connectivity index (χ0n) is 9.18. The Hall–Kier alpha value is -0.120. The molecule has 0 aromatic rings. The number of nitrogens with two attached hydrogens (primary N) is 1. The molecule has 3 nitrogen and oxygen atoms in total. The summed E-state index contributed by atoms with van der Waals surface area (Å²) in [6.07, 6.45) is 4.96. The molecule has 80 valence electrons. The fraction of sp³-hybridized carbons (Fsp3) is 1.00. The molecule has 0 rings (SSSR count). The van der Waals surface area contributed by atoms with Gasteiger partial charge in [-0.15, -0.1) is 0 Å². The molecule has 0 spiro atoms. The van der Waals surface area contributed by atoms with Crippen LogP contribution < -0.4 is 11.1 Å². The largest absolute Gasteiger partial charge is 0.330 e. The molecule has 0 aliphatic rings. The monoisotopic (exact) mass is 187 g/mol. The van der Waals surface area contributed by atoms with Gasteiger partial charge in [0, 0.05) is 0 Å². The second-order valence-electron chi connectivity index (χ2n) is 3.61. The highest BCUT2D eigenvalue weighted by Crippen LogP contribution is 1.95. The first-order chi connectivity index (χ1) is 6.31. The minimum Gasteiger partial charge on any atom is -0.330 e. The number of unbranched alkanes of at least 4 members (excludes halogenated alkanes) is 2. The van der Waals surface area contributed by atoms with E-state index >= 15 is 0 Å². The Labute approximate surface area is 82.7 Å². The number of hydrogen-bond acceptors (Lipinski definition) is 3. The van der Waals surface area contributed by atoms with Gasteiger partial charge in [0.1, 0.15) is 0 Å². The van der Waals surface area contributed by atoms with Crippen molar-refractivity contribution in [3.8, 4) is 0 Å². The third-order valence-electron chi connectivity index (χ3n) is 2.21. The van der Waals surface area contributed by atoms with Gasteiger partial charge in [-0.2, -0.15) is 0 Å². The summed E-state index contributed by atoms with van der Waals surface area (Å²) in [5.74, 6) is 0. The molecule has 0 heterocycles. The van der Waals surface area contributed by atoms with Crippen molar-refractivity contribution in [1.82, 2.24) is 10.2 Å². The van der Waals surface area contributed by atoms with Gasteiger partial charge in [0.15, 0.2) is 0 Å². The number of nitrogens with zero attached hydrogens (tertiary/aromatic N) is 1. The third-order valence-corrected chi connectivity index (χ3v) is 2.21. The van der Waals surface area contributed by atoms with E-state index in [0.29, 0.717) is 0 Å². The Balaban J connectivity index is 3.05. The summed E-state index contributed by atoms with van der Waals surface area (Å²) in [6.45, 7) is 4.37.